The number of carboxylic acid groups (broad SMARTS) is 1. The van der Waals surface area contributed by atoms with Crippen molar-refractivity contribution in [3.63, 3.8) is 0 Å². The summed E-state index contributed by atoms with van der Waals surface area (Å²) in [6.07, 6.45) is 1.86. The minimum atomic E-state index is -0.753. The molecule has 5 heteroatoms. The van der Waals surface area contributed by atoms with Crippen molar-refractivity contribution in [2.45, 2.75) is 32.2 Å². The Labute approximate surface area is 124 Å². The minimum Gasteiger partial charge on any atom is -0.496 e. The van der Waals surface area contributed by atoms with E-state index in [1.54, 1.807) is 19.2 Å². The molecule has 0 aliphatic carbocycles. The predicted octanol–water partition coefficient (Wildman–Crippen LogP) is 3.08. The third kappa shape index (κ3) is 3.73. The lowest BCUT2D eigenvalue weighted by atomic mass is 10.0. The van der Waals surface area contributed by atoms with Crippen molar-refractivity contribution in [3.8, 4) is 5.75 Å². The number of carboxylic acids is 1. The summed E-state index contributed by atoms with van der Waals surface area (Å²) >= 11 is 0. The number of hydrogen-bond donors (Lipinski definition) is 1. The van der Waals surface area contributed by atoms with Gasteiger partial charge in [-0.15, -0.1) is 0 Å². The average Bonchev–Trinajstić information content (AvgIpc) is 2.93. The van der Waals surface area contributed by atoms with Crippen LogP contribution in [0.15, 0.2) is 18.2 Å². The van der Waals surface area contributed by atoms with Gasteiger partial charge >= 0.3 is 5.97 Å². The molecule has 0 radical (unpaired) electrons. The van der Waals surface area contributed by atoms with Crippen molar-refractivity contribution in [1.29, 1.82) is 0 Å². The summed E-state index contributed by atoms with van der Waals surface area (Å²) in [5.74, 6) is -0.0640. The SMILES string of the molecule is COc1cccc(F)c1C(C)N1CCC(CCC(=O)O)C1. The van der Waals surface area contributed by atoms with Crippen LogP contribution in [0.4, 0.5) is 4.39 Å². The third-order valence-corrected chi connectivity index (χ3v) is 4.28. The van der Waals surface area contributed by atoms with Gasteiger partial charge in [0.05, 0.1) is 7.11 Å². The quantitative estimate of drug-likeness (QED) is 0.876. The molecule has 0 saturated carbocycles. The molecule has 2 rings (SSSR count). The Morgan fingerprint density at radius 2 is 2.33 bits per heavy atom. The third-order valence-electron chi connectivity index (χ3n) is 4.28. The number of rotatable bonds is 6. The standard InChI is InChI=1S/C16H22FNO3/c1-11(16-13(17)4-3-5-14(16)21-2)18-9-8-12(10-18)6-7-15(19)20/h3-5,11-12H,6-10H2,1-2H3,(H,19,20). The van der Waals surface area contributed by atoms with Gasteiger partial charge in [-0.3, -0.25) is 9.69 Å². The molecule has 1 saturated heterocycles. The van der Waals surface area contributed by atoms with Gasteiger partial charge in [-0.05, 0) is 44.4 Å². The molecule has 1 aliphatic rings. The number of halogens is 1. The van der Waals surface area contributed by atoms with E-state index in [0.29, 0.717) is 23.7 Å². The van der Waals surface area contributed by atoms with Crippen molar-refractivity contribution in [2.24, 2.45) is 5.92 Å². The lowest BCUT2D eigenvalue weighted by molar-refractivity contribution is -0.137. The fraction of sp³-hybridized carbons (Fsp3) is 0.562. The van der Waals surface area contributed by atoms with Gasteiger partial charge in [0.25, 0.3) is 0 Å². The van der Waals surface area contributed by atoms with Gasteiger partial charge in [0.2, 0.25) is 0 Å². The molecule has 1 heterocycles. The highest BCUT2D eigenvalue weighted by Crippen LogP contribution is 2.35. The molecular formula is C16H22FNO3. The van der Waals surface area contributed by atoms with Crippen LogP contribution in [0.1, 0.15) is 37.8 Å². The molecular weight excluding hydrogens is 273 g/mol. The highest BCUT2D eigenvalue weighted by atomic mass is 19.1. The maximum absolute atomic E-state index is 14.1. The van der Waals surface area contributed by atoms with E-state index < -0.39 is 5.97 Å². The van der Waals surface area contributed by atoms with Crippen LogP contribution in [0, 0.1) is 11.7 Å². The molecule has 1 aromatic rings. The van der Waals surface area contributed by atoms with E-state index >= 15 is 0 Å². The molecule has 2 atom stereocenters. The molecule has 0 amide bonds. The van der Waals surface area contributed by atoms with E-state index in [0.717, 1.165) is 19.5 Å². The molecule has 1 aliphatic heterocycles. The molecule has 0 aromatic heterocycles. The van der Waals surface area contributed by atoms with Crippen LogP contribution in [0.3, 0.4) is 0 Å². The van der Waals surface area contributed by atoms with Crippen LogP contribution in [-0.2, 0) is 4.79 Å². The first-order valence-electron chi connectivity index (χ1n) is 7.31. The summed E-state index contributed by atoms with van der Waals surface area (Å²) in [5.41, 5.74) is 0.582. The van der Waals surface area contributed by atoms with E-state index in [2.05, 4.69) is 4.90 Å². The van der Waals surface area contributed by atoms with Crippen molar-refractivity contribution in [1.82, 2.24) is 4.90 Å². The topological polar surface area (TPSA) is 49.8 Å². The fourth-order valence-electron chi connectivity index (χ4n) is 3.06. The second kappa shape index (κ2) is 6.89. The number of hydrogen-bond acceptors (Lipinski definition) is 3. The molecule has 2 unspecified atom stereocenters. The molecule has 116 valence electrons. The molecule has 21 heavy (non-hydrogen) atoms. The molecule has 0 bridgehead atoms. The summed E-state index contributed by atoms with van der Waals surface area (Å²) in [7, 11) is 1.55. The second-order valence-corrected chi connectivity index (χ2v) is 5.61. The molecule has 0 spiro atoms. The van der Waals surface area contributed by atoms with E-state index in [-0.39, 0.29) is 18.3 Å². The highest BCUT2D eigenvalue weighted by Gasteiger charge is 2.29. The number of nitrogens with zero attached hydrogens (tertiary/aromatic N) is 1. The lowest BCUT2D eigenvalue weighted by Crippen LogP contribution is -2.25. The average molecular weight is 295 g/mol. The smallest absolute Gasteiger partial charge is 0.303 e. The van der Waals surface area contributed by atoms with E-state index in [4.69, 9.17) is 9.84 Å². The van der Waals surface area contributed by atoms with Crippen molar-refractivity contribution >= 4 is 5.97 Å². The van der Waals surface area contributed by atoms with Crippen molar-refractivity contribution in [3.05, 3.63) is 29.6 Å². The van der Waals surface area contributed by atoms with Gasteiger partial charge in [0, 0.05) is 24.6 Å². The van der Waals surface area contributed by atoms with Gasteiger partial charge in [0.1, 0.15) is 11.6 Å². The zero-order chi connectivity index (χ0) is 15.4. The maximum atomic E-state index is 14.1. The maximum Gasteiger partial charge on any atom is 0.303 e. The van der Waals surface area contributed by atoms with Gasteiger partial charge in [-0.1, -0.05) is 6.07 Å². The van der Waals surface area contributed by atoms with E-state index in [9.17, 15) is 9.18 Å². The zero-order valence-electron chi connectivity index (χ0n) is 12.5. The van der Waals surface area contributed by atoms with E-state index in [1.807, 2.05) is 6.92 Å². The van der Waals surface area contributed by atoms with Crippen LogP contribution in [0.25, 0.3) is 0 Å². The Bertz CT molecular complexity index is 506. The number of likely N-dealkylation sites (tertiary alicyclic amines) is 1. The molecule has 1 fully saturated rings. The van der Waals surface area contributed by atoms with Gasteiger partial charge in [-0.25, -0.2) is 4.39 Å². The van der Waals surface area contributed by atoms with Crippen molar-refractivity contribution < 1.29 is 19.0 Å². The monoisotopic (exact) mass is 295 g/mol. The molecule has 1 N–H and O–H groups in total. The molecule has 4 nitrogen and oxygen atoms in total. The largest absolute Gasteiger partial charge is 0.496 e. The van der Waals surface area contributed by atoms with Gasteiger partial charge in [-0.2, -0.15) is 0 Å². The first-order valence-corrected chi connectivity index (χ1v) is 7.31. The van der Waals surface area contributed by atoms with Crippen LogP contribution in [0.2, 0.25) is 0 Å². The number of methoxy groups -OCH3 is 1. The predicted molar refractivity (Wildman–Crippen MR) is 77.9 cm³/mol. The Morgan fingerprint density at radius 1 is 1.57 bits per heavy atom. The summed E-state index contributed by atoms with van der Waals surface area (Å²) in [4.78, 5) is 12.8. The van der Waals surface area contributed by atoms with Gasteiger partial charge < -0.3 is 9.84 Å². The summed E-state index contributed by atoms with van der Waals surface area (Å²) < 4.78 is 19.4. The van der Waals surface area contributed by atoms with E-state index in [1.165, 1.54) is 6.07 Å². The number of benzene rings is 1. The Hall–Kier alpha value is -1.62. The summed E-state index contributed by atoms with van der Waals surface area (Å²) in [6, 6.07) is 4.79. The Morgan fingerprint density at radius 3 is 3.00 bits per heavy atom. The fourth-order valence-corrected chi connectivity index (χ4v) is 3.06. The molecule has 1 aromatic carbocycles. The van der Waals surface area contributed by atoms with Crippen LogP contribution < -0.4 is 4.74 Å². The first kappa shape index (κ1) is 15.8. The Kier molecular flexibility index (Phi) is 5.17. The van der Waals surface area contributed by atoms with Crippen LogP contribution in [0.5, 0.6) is 5.75 Å². The lowest BCUT2D eigenvalue weighted by Gasteiger charge is -2.26. The van der Waals surface area contributed by atoms with Crippen molar-refractivity contribution in [2.75, 3.05) is 20.2 Å². The Balaban J connectivity index is 2.05. The van der Waals surface area contributed by atoms with Crippen LogP contribution >= 0.6 is 0 Å². The second-order valence-electron chi connectivity index (χ2n) is 5.61. The highest BCUT2D eigenvalue weighted by molar-refractivity contribution is 5.66. The number of carbonyl (C=O) groups is 1. The summed E-state index contributed by atoms with van der Waals surface area (Å²) in [5, 5.41) is 8.75. The van der Waals surface area contributed by atoms with Crippen LogP contribution in [-0.4, -0.2) is 36.2 Å². The first-order chi connectivity index (χ1) is 10.0. The summed E-state index contributed by atoms with van der Waals surface area (Å²) in [6.45, 7) is 3.65. The number of ether oxygens (including phenoxy) is 1. The number of aliphatic carboxylic acids is 1. The normalized spacial score (nSPS) is 20.4. The van der Waals surface area contributed by atoms with Gasteiger partial charge in [0.15, 0.2) is 0 Å². The minimum absolute atomic E-state index is 0.0732. The zero-order valence-corrected chi connectivity index (χ0v) is 12.5.